The molecular weight excluding hydrogens is 265 g/mol. The van der Waals surface area contributed by atoms with Gasteiger partial charge < -0.3 is 5.73 Å². The molecule has 0 radical (unpaired) electrons. The highest BCUT2D eigenvalue weighted by atomic mass is 35.5. The quantitative estimate of drug-likeness (QED) is 0.842. The van der Waals surface area contributed by atoms with Gasteiger partial charge in [0, 0.05) is 16.3 Å². The van der Waals surface area contributed by atoms with Crippen molar-refractivity contribution in [2.75, 3.05) is 17.2 Å². The highest BCUT2D eigenvalue weighted by Gasteiger charge is 2.29. The first-order chi connectivity index (χ1) is 7.87. The molecule has 1 atom stereocenters. The Hall–Kier alpha value is -0.810. The summed E-state index contributed by atoms with van der Waals surface area (Å²) in [5.41, 5.74) is 6.36. The highest BCUT2D eigenvalue weighted by Crippen LogP contribution is 2.28. The lowest BCUT2D eigenvalue weighted by atomic mass is 9.97. The molecular formula is C11H13ClFNO2S. The van der Waals surface area contributed by atoms with Crippen LogP contribution in [0.1, 0.15) is 12.0 Å². The van der Waals surface area contributed by atoms with Gasteiger partial charge in [0.15, 0.2) is 9.84 Å². The molecule has 0 saturated carbocycles. The minimum atomic E-state index is -2.94. The van der Waals surface area contributed by atoms with Crippen LogP contribution < -0.4 is 5.73 Å². The molecule has 6 heteroatoms. The van der Waals surface area contributed by atoms with Crippen LogP contribution >= 0.6 is 11.6 Å². The molecule has 1 unspecified atom stereocenters. The van der Waals surface area contributed by atoms with E-state index in [4.69, 9.17) is 17.3 Å². The first kappa shape index (κ1) is 12.6. The van der Waals surface area contributed by atoms with Crippen LogP contribution in [0.5, 0.6) is 0 Å². The second-order valence-electron chi connectivity index (χ2n) is 4.43. The summed E-state index contributed by atoms with van der Waals surface area (Å²) in [6.07, 6.45) is 0.928. The topological polar surface area (TPSA) is 60.2 Å². The zero-order valence-corrected chi connectivity index (χ0v) is 10.7. The van der Waals surface area contributed by atoms with Crippen molar-refractivity contribution in [1.29, 1.82) is 0 Å². The first-order valence-electron chi connectivity index (χ1n) is 5.31. The van der Waals surface area contributed by atoms with Gasteiger partial charge in [0.25, 0.3) is 0 Å². The van der Waals surface area contributed by atoms with Gasteiger partial charge in [-0.1, -0.05) is 11.6 Å². The van der Waals surface area contributed by atoms with E-state index in [-0.39, 0.29) is 22.4 Å². The Morgan fingerprint density at radius 3 is 2.71 bits per heavy atom. The van der Waals surface area contributed by atoms with E-state index >= 15 is 0 Å². The normalized spacial score (nSPS) is 22.8. The lowest BCUT2D eigenvalue weighted by molar-refractivity contribution is 0.551. The van der Waals surface area contributed by atoms with Gasteiger partial charge >= 0.3 is 0 Å². The maximum atomic E-state index is 13.6. The SMILES string of the molecule is Nc1cc(Cl)cc(F)c1CC1CCS(=O)(=O)C1. The Balaban J connectivity index is 2.20. The third kappa shape index (κ3) is 2.90. The number of benzene rings is 1. The molecule has 1 saturated heterocycles. The fourth-order valence-corrected chi connectivity index (χ4v) is 4.24. The summed E-state index contributed by atoms with van der Waals surface area (Å²) < 4.78 is 36.3. The minimum Gasteiger partial charge on any atom is -0.398 e. The molecule has 2 N–H and O–H groups in total. The smallest absolute Gasteiger partial charge is 0.150 e. The summed E-state index contributed by atoms with van der Waals surface area (Å²) in [6, 6.07) is 2.69. The summed E-state index contributed by atoms with van der Waals surface area (Å²) >= 11 is 5.67. The van der Waals surface area contributed by atoms with E-state index in [2.05, 4.69) is 0 Å². The molecule has 1 heterocycles. The van der Waals surface area contributed by atoms with Crippen LogP contribution in [-0.2, 0) is 16.3 Å². The lowest BCUT2D eigenvalue weighted by Gasteiger charge is -2.11. The molecule has 0 amide bonds. The highest BCUT2D eigenvalue weighted by molar-refractivity contribution is 7.91. The number of rotatable bonds is 2. The van der Waals surface area contributed by atoms with E-state index in [1.807, 2.05) is 0 Å². The van der Waals surface area contributed by atoms with Crippen LogP contribution in [0.2, 0.25) is 5.02 Å². The number of nitrogen functional groups attached to an aromatic ring is 1. The second-order valence-corrected chi connectivity index (χ2v) is 7.09. The Labute approximate surface area is 105 Å². The van der Waals surface area contributed by atoms with Gasteiger partial charge in [0.05, 0.1) is 11.5 Å². The number of hydrogen-bond donors (Lipinski definition) is 1. The van der Waals surface area contributed by atoms with Crippen molar-refractivity contribution in [2.24, 2.45) is 5.92 Å². The Morgan fingerprint density at radius 1 is 1.47 bits per heavy atom. The van der Waals surface area contributed by atoms with Gasteiger partial charge in [-0.25, -0.2) is 12.8 Å². The van der Waals surface area contributed by atoms with Gasteiger partial charge in [-0.05, 0) is 30.9 Å². The predicted octanol–water partition coefficient (Wildman–Crippen LogP) is 2.04. The van der Waals surface area contributed by atoms with Crippen molar-refractivity contribution in [2.45, 2.75) is 12.8 Å². The van der Waals surface area contributed by atoms with E-state index in [1.165, 1.54) is 12.1 Å². The van der Waals surface area contributed by atoms with Crippen LogP contribution in [0.25, 0.3) is 0 Å². The van der Waals surface area contributed by atoms with Crippen molar-refractivity contribution in [3.8, 4) is 0 Å². The van der Waals surface area contributed by atoms with E-state index < -0.39 is 15.7 Å². The van der Waals surface area contributed by atoms with E-state index in [0.717, 1.165) is 0 Å². The molecule has 0 bridgehead atoms. The molecule has 3 nitrogen and oxygen atoms in total. The molecule has 94 valence electrons. The number of anilines is 1. The van der Waals surface area contributed by atoms with Crippen LogP contribution in [0.4, 0.5) is 10.1 Å². The minimum absolute atomic E-state index is 0.0435. The monoisotopic (exact) mass is 277 g/mol. The molecule has 1 fully saturated rings. The number of hydrogen-bond acceptors (Lipinski definition) is 3. The van der Waals surface area contributed by atoms with Gasteiger partial charge in [0.2, 0.25) is 0 Å². The molecule has 0 aliphatic carbocycles. The molecule has 17 heavy (non-hydrogen) atoms. The van der Waals surface area contributed by atoms with Crippen LogP contribution in [0.3, 0.4) is 0 Å². The van der Waals surface area contributed by atoms with Crippen molar-refractivity contribution in [3.05, 3.63) is 28.5 Å². The average Bonchev–Trinajstić information content (AvgIpc) is 2.52. The average molecular weight is 278 g/mol. The summed E-state index contributed by atoms with van der Waals surface area (Å²) in [5, 5.41) is 0.253. The van der Waals surface area contributed by atoms with Crippen molar-refractivity contribution >= 4 is 27.1 Å². The number of sulfone groups is 1. The molecule has 0 spiro atoms. The number of halogens is 2. The van der Waals surface area contributed by atoms with Crippen LogP contribution in [0.15, 0.2) is 12.1 Å². The summed E-state index contributed by atoms with van der Waals surface area (Å²) in [4.78, 5) is 0. The zero-order valence-electron chi connectivity index (χ0n) is 9.12. The molecule has 1 aliphatic heterocycles. The third-order valence-corrected chi connectivity index (χ3v) is 5.07. The number of nitrogens with two attached hydrogens (primary N) is 1. The summed E-state index contributed by atoms with van der Waals surface area (Å²) in [7, 11) is -2.94. The zero-order chi connectivity index (χ0) is 12.6. The molecule has 1 aromatic rings. The van der Waals surface area contributed by atoms with Crippen molar-refractivity contribution in [1.82, 2.24) is 0 Å². The molecule has 0 aromatic heterocycles. The van der Waals surface area contributed by atoms with Gasteiger partial charge in [-0.15, -0.1) is 0 Å². The van der Waals surface area contributed by atoms with E-state index in [1.54, 1.807) is 0 Å². The van der Waals surface area contributed by atoms with Gasteiger partial charge in [-0.2, -0.15) is 0 Å². The van der Waals surface area contributed by atoms with Crippen molar-refractivity contribution in [3.63, 3.8) is 0 Å². The third-order valence-electron chi connectivity index (χ3n) is 3.01. The van der Waals surface area contributed by atoms with E-state index in [9.17, 15) is 12.8 Å². The summed E-state index contributed by atoms with van der Waals surface area (Å²) in [6.45, 7) is 0. The predicted molar refractivity (Wildman–Crippen MR) is 66.3 cm³/mol. The van der Waals surface area contributed by atoms with Gasteiger partial charge in [0.1, 0.15) is 5.82 Å². The van der Waals surface area contributed by atoms with Crippen LogP contribution in [0, 0.1) is 11.7 Å². The fraction of sp³-hybridized carbons (Fsp3) is 0.455. The Morgan fingerprint density at radius 2 is 2.18 bits per heavy atom. The fourth-order valence-electron chi connectivity index (χ4n) is 2.16. The van der Waals surface area contributed by atoms with E-state index in [0.29, 0.717) is 24.1 Å². The summed E-state index contributed by atoms with van der Waals surface area (Å²) in [5.74, 6) is -0.196. The maximum absolute atomic E-state index is 13.6. The van der Waals surface area contributed by atoms with Crippen LogP contribution in [-0.4, -0.2) is 19.9 Å². The Bertz CT molecular complexity index is 521. The standard InChI is InChI=1S/C11H13ClFNO2S/c12-8-4-10(13)9(11(14)5-8)3-7-1-2-17(15,16)6-7/h4-5,7H,1-3,6,14H2. The first-order valence-corrected chi connectivity index (χ1v) is 7.51. The molecule has 1 aromatic carbocycles. The second kappa shape index (κ2) is 4.46. The Kier molecular flexibility index (Phi) is 3.32. The van der Waals surface area contributed by atoms with Crippen molar-refractivity contribution < 1.29 is 12.8 Å². The largest absolute Gasteiger partial charge is 0.398 e. The molecule has 2 rings (SSSR count). The maximum Gasteiger partial charge on any atom is 0.150 e. The molecule has 1 aliphatic rings. The van der Waals surface area contributed by atoms with Gasteiger partial charge in [-0.3, -0.25) is 0 Å². The lowest BCUT2D eigenvalue weighted by Crippen LogP contribution is -2.10.